The van der Waals surface area contributed by atoms with Crippen molar-refractivity contribution >= 4 is 11.5 Å². The quantitative estimate of drug-likeness (QED) is 0.793. The molecule has 0 aliphatic rings. The summed E-state index contributed by atoms with van der Waals surface area (Å²) in [7, 11) is 1.48. The average Bonchev–Trinajstić information content (AvgIpc) is 2.42. The molecule has 0 bridgehead atoms. The van der Waals surface area contributed by atoms with Gasteiger partial charge in [-0.25, -0.2) is 4.98 Å². The van der Waals surface area contributed by atoms with Crippen molar-refractivity contribution in [3.63, 3.8) is 0 Å². The van der Waals surface area contributed by atoms with Gasteiger partial charge in [-0.1, -0.05) is 24.3 Å². The van der Waals surface area contributed by atoms with Crippen molar-refractivity contribution in [1.29, 1.82) is 0 Å². The molecular weight excluding hydrogens is 228 g/mol. The predicted octanol–water partition coefficient (Wildman–Crippen LogP) is 2.33. The number of methoxy groups -OCH3 is 1. The fourth-order valence-corrected chi connectivity index (χ4v) is 1.57. The zero-order valence-electron chi connectivity index (χ0n) is 10.2. The van der Waals surface area contributed by atoms with Gasteiger partial charge in [-0.3, -0.25) is 0 Å². The number of benzene rings is 1. The topological polar surface area (TPSA) is 54.4 Å². The second-order valence-corrected chi connectivity index (χ2v) is 3.94. The molecule has 1 aromatic carbocycles. The lowest BCUT2D eigenvalue weighted by atomic mass is 10.2. The lowest BCUT2D eigenvalue weighted by molar-refractivity contribution is -0.0720. The maximum Gasteiger partial charge on any atom is 0.158 e. The minimum atomic E-state index is -0.778. The lowest BCUT2D eigenvalue weighted by Crippen LogP contribution is -2.12. The molecule has 0 aliphatic carbocycles. The minimum absolute atomic E-state index is 0.440. The highest BCUT2D eigenvalue weighted by Gasteiger charge is 2.03. The van der Waals surface area contributed by atoms with E-state index < -0.39 is 6.29 Å². The van der Waals surface area contributed by atoms with Crippen molar-refractivity contribution in [1.82, 2.24) is 4.98 Å². The van der Waals surface area contributed by atoms with Gasteiger partial charge in [0.15, 0.2) is 6.29 Å². The zero-order valence-corrected chi connectivity index (χ0v) is 10.2. The SMILES string of the molecule is COC(O)Cc1ccc(Nc2ccccc2)nc1. The number of aliphatic hydroxyl groups is 1. The Morgan fingerprint density at radius 1 is 1.22 bits per heavy atom. The Morgan fingerprint density at radius 2 is 2.00 bits per heavy atom. The first kappa shape index (κ1) is 12.5. The van der Waals surface area contributed by atoms with E-state index in [-0.39, 0.29) is 0 Å². The molecule has 0 saturated heterocycles. The van der Waals surface area contributed by atoms with E-state index in [4.69, 9.17) is 4.74 Å². The monoisotopic (exact) mass is 244 g/mol. The Bertz CT molecular complexity index is 471. The van der Waals surface area contributed by atoms with Crippen LogP contribution in [-0.2, 0) is 11.2 Å². The van der Waals surface area contributed by atoms with Gasteiger partial charge in [0.25, 0.3) is 0 Å². The number of hydrogen-bond acceptors (Lipinski definition) is 4. The highest BCUT2D eigenvalue weighted by molar-refractivity contribution is 5.55. The standard InChI is InChI=1S/C14H16N2O2/c1-18-14(17)9-11-7-8-13(15-10-11)16-12-5-3-2-4-6-12/h2-8,10,14,17H,9H2,1H3,(H,15,16). The number of nitrogens with zero attached hydrogens (tertiary/aromatic N) is 1. The summed E-state index contributed by atoms with van der Waals surface area (Å²) in [5.74, 6) is 0.775. The summed E-state index contributed by atoms with van der Waals surface area (Å²) in [6, 6.07) is 13.6. The fourth-order valence-electron chi connectivity index (χ4n) is 1.57. The number of aliphatic hydroxyl groups excluding tert-OH is 1. The van der Waals surface area contributed by atoms with Crippen LogP contribution in [0.15, 0.2) is 48.7 Å². The van der Waals surface area contributed by atoms with Crippen LogP contribution >= 0.6 is 0 Å². The minimum Gasteiger partial charge on any atom is -0.368 e. The molecule has 0 radical (unpaired) electrons. The molecule has 1 heterocycles. The van der Waals surface area contributed by atoms with Crippen LogP contribution in [0.3, 0.4) is 0 Å². The van der Waals surface area contributed by atoms with Gasteiger partial charge in [-0.05, 0) is 23.8 Å². The summed E-state index contributed by atoms with van der Waals surface area (Å²) < 4.78 is 4.79. The predicted molar refractivity (Wildman–Crippen MR) is 70.7 cm³/mol. The molecule has 94 valence electrons. The van der Waals surface area contributed by atoms with E-state index in [1.165, 1.54) is 7.11 Å². The Kier molecular flexibility index (Phi) is 4.28. The Hall–Kier alpha value is -1.91. The van der Waals surface area contributed by atoms with Crippen LogP contribution < -0.4 is 5.32 Å². The Morgan fingerprint density at radius 3 is 2.61 bits per heavy atom. The van der Waals surface area contributed by atoms with E-state index in [0.717, 1.165) is 17.1 Å². The van der Waals surface area contributed by atoms with Crippen LogP contribution in [-0.4, -0.2) is 23.5 Å². The van der Waals surface area contributed by atoms with E-state index in [2.05, 4.69) is 10.3 Å². The van der Waals surface area contributed by atoms with Gasteiger partial charge in [0.05, 0.1) is 0 Å². The first-order valence-electron chi connectivity index (χ1n) is 5.76. The third kappa shape index (κ3) is 3.55. The van der Waals surface area contributed by atoms with Gasteiger partial charge in [-0.2, -0.15) is 0 Å². The number of hydrogen-bond donors (Lipinski definition) is 2. The average molecular weight is 244 g/mol. The van der Waals surface area contributed by atoms with Gasteiger partial charge in [0, 0.05) is 25.4 Å². The van der Waals surface area contributed by atoms with Gasteiger partial charge in [0.1, 0.15) is 5.82 Å². The number of nitrogens with one attached hydrogen (secondary N) is 1. The molecule has 0 saturated carbocycles. The second kappa shape index (κ2) is 6.14. The van der Waals surface area contributed by atoms with Gasteiger partial charge < -0.3 is 15.2 Å². The molecule has 0 spiro atoms. The maximum atomic E-state index is 9.35. The van der Waals surface area contributed by atoms with Crippen molar-refractivity contribution in [2.75, 3.05) is 12.4 Å². The smallest absolute Gasteiger partial charge is 0.158 e. The normalized spacial score (nSPS) is 12.1. The van der Waals surface area contributed by atoms with Crippen molar-refractivity contribution in [3.8, 4) is 0 Å². The molecular formula is C14H16N2O2. The molecule has 0 amide bonds. The summed E-state index contributed by atoms with van der Waals surface area (Å²) >= 11 is 0. The maximum absolute atomic E-state index is 9.35. The summed E-state index contributed by atoms with van der Waals surface area (Å²) in [5.41, 5.74) is 1.93. The lowest BCUT2D eigenvalue weighted by Gasteiger charge is -2.09. The first-order chi connectivity index (χ1) is 8.78. The largest absolute Gasteiger partial charge is 0.368 e. The van der Waals surface area contributed by atoms with Crippen LogP contribution in [0.4, 0.5) is 11.5 Å². The molecule has 4 heteroatoms. The number of rotatable bonds is 5. The zero-order chi connectivity index (χ0) is 12.8. The fraction of sp³-hybridized carbons (Fsp3) is 0.214. The van der Waals surface area contributed by atoms with Crippen LogP contribution in [0.5, 0.6) is 0 Å². The summed E-state index contributed by atoms with van der Waals surface area (Å²) in [4.78, 5) is 4.28. The van der Waals surface area contributed by atoms with Crippen molar-refractivity contribution in [2.24, 2.45) is 0 Å². The Balaban J connectivity index is 2.00. The number of para-hydroxylation sites is 1. The van der Waals surface area contributed by atoms with Gasteiger partial charge >= 0.3 is 0 Å². The van der Waals surface area contributed by atoms with E-state index in [1.807, 2.05) is 42.5 Å². The van der Waals surface area contributed by atoms with Gasteiger partial charge in [0.2, 0.25) is 0 Å². The molecule has 2 aromatic rings. The molecule has 1 atom stereocenters. The molecule has 2 N–H and O–H groups in total. The number of anilines is 2. The first-order valence-corrected chi connectivity index (χ1v) is 5.76. The number of ether oxygens (including phenoxy) is 1. The van der Waals surface area contributed by atoms with Crippen LogP contribution in [0.1, 0.15) is 5.56 Å². The van der Waals surface area contributed by atoms with Gasteiger partial charge in [-0.15, -0.1) is 0 Å². The Labute approximate surface area is 106 Å². The molecule has 1 unspecified atom stereocenters. The highest BCUT2D eigenvalue weighted by Crippen LogP contribution is 2.14. The van der Waals surface area contributed by atoms with Crippen molar-refractivity contribution in [2.45, 2.75) is 12.7 Å². The third-order valence-corrected chi connectivity index (χ3v) is 2.55. The highest BCUT2D eigenvalue weighted by atomic mass is 16.6. The summed E-state index contributed by atoms with van der Waals surface area (Å²) in [5, 5.41) is 12.5. The molecule has 18 heavy (non-hydrogen) atoms. The molecule has 0 aliphatic heterocycles. The molecule has 0 fully saturated rings. The van der Waals surface area contributed by atoms with E-state index in [9.17, 15) is 5.11 Å². The van der Waals surface area contributed by atoms with E-state index in [0.29, 0.717) is 6.42 Å². The molecule has 1 aromatic heterocycles. The van der Waals surface area contributed by atoms with E-state index in [1.54, 1.807) is 6.20 Å². The number of aromatic nitrogens is 1. The van der Waals surface area contributed by atoms with Crippen LogP contribution in [0, 0.1) is 0 Å². The summed E-state index contributed by atoms with van der Waals surface area (Å²) in [6.45, 7) is 0. The van der Waals surface area contributed by atoms with Crippen LogP contribution in [0.2, 0.25) is 0 Å². The van der Waals surface area contributed by atoms with Crippen molar-refractivity contribution < 1.29 is 9.84 Å². The third-order valence-electron chi connectivity index (χ3n) is 2.55. The van der Waals surface area contributed by atoms with Crippen LogP contribution in [0.25, 0.3) is 0 Å². The van der Waals surface area contributed by atoms with Crippen molar-refractivity contribution in [3.05, 3.63) is 54.2 Å². The summed E-state index contributed by atoms with van der Waals surface area (Å²) in [6.07, 6.45) is 1.39. The molecule has 4 nitrogen and oxygen atoms in total. The molecule has 2 rings (SSSR count). The van der Waals surface area contributed by atoms with E-state index >= 15 is 0 Å². The second-order valence-electron chi connectivity index (χ2n) is 3.94. The number of pyridine rings is 1.